The van der Waals surface area contributed by atoms with Crippen LogP contribution in [0.1, 0.15) is 62.0 Å². The molecule has 6 heterocycles. The Morgan fingerprint density at radius 1 is 0.794 bits per heavy atom. The highest BCUT2D eigenvalue weighted by Gasteiger charge is 2.38. The Balaban J connectivity index is 0.909. The van der Waals surface area contributed by atoms with E-state index in [1.807, 2.05) is 73.5 Å². The van der Waals surface area contributed by atoms with Crippen molar-refractivity contribution in [2.24, 2.45) is 5.92 Å². The first-order valence-corrected chi connectivity index (χ1v) is 22.5. The van der Waals surface area contributed by atoms with Gasteiger partial charge in [-0.05, 0) is 53.1 Å². The molecule has 4 atom stereocenters. The molecule has 4 N–H and O–H groups in total. The predicted octanol–water partition coefficient (Wildman–Crippen LogP) is 9.14. The molecule has 1 fully saturated rings. The van der Waals surface area contributed by atoms with E-state index in [-0.39, 0.29) is 23.8 Å². The molecule has 4 aromatic heterocycles. The number of amides is 4. The van der Waals surface area contributed by atoms with Crippen molar-refractivity contribution in [3.05, 3.63) is 119 Å². The molecule has 2 aliphatic rings. The normalized spacial score (nSPS) is 17.1. The van der Waals surface area contributed by atoms with Gasteiger partial charge < -0.3 is 39.9 Å². The van der Waals surface area contributed by atoms with Crippen LogP contribution in [0.25, 0.3) is 53.9 Å². The second-order valence-electron chi connectivity index (χ2n) is 16.0. The fourth-order valence-electron chi connectivity index (χ4n) is 8.49. The summed E-state index contributed by atoms with van der Waals surface area (Å²) in [4.78, 5) is 72.0. The van der Waals surface area contributed by atoms with E-state index in [1.54, 1.807) is 27.6 Å². The van der Waals surface area contributed by atoms with Gasteiger partial charge in [-0.1, -0.05) is 86.7 Å². The van der Waals surface area contributed by atoms with Gasteiger partial charge in [-0.15, -0.1) is 22.7 Å². The average Bonchev–Trinajstić information content (AvgIpc) is 4.17. The van der Waals surface area contributed by atoms with Crippen LogP contribution in [0.5, 0.6) is 0 Å². The van der Waals surface area contributed by atoms with Crippen LogP contribution in [0.4, 0.5) is 9.59 Å². The fraction of sp³-hybridized carbons (Fsp3) is 0.277. The Morgan fingerprint density at radius 2 is 1.48 bits per heavy atom. The summed E-state index contributed by atoms with van der Waals surface area (Å²) in [5, 5.41) is 9.83. The first-order valence-electron chi connectivity index (χ1n) is 20.8. The zero-order valence-electron chi connectivity index (χ0n) is 35.1. The molecule has 7 aromatic rings. The number of aromatic amines is 2. The van der Waals surface area contributed by atoms with E-state index in [4.69, 9.17) is 19.4 Å². The number of imidazole rings is 2. The number of fused-ring (bicyclic) bond motifs is 2. The Bertz CT molecular complexity index is 2840. The number of thiophene rings is 2. The highest BCUT2D eigenvalue weighted by molar-refractivity contribution is 7.27. The summed E-state index contributed by atoms with van der Waals surface area (Å²) in [6.45, 7) is 4.78. The summed E-state index contributed by atoms with van der Waals surface area (Å²) < 4.78 is 12.0. The van der Waals surface area contributed by atoms with Crippen LogP contribution >= 0.6 is 22.7 Å². The lowest BCUT2D eigenvalue weighted by molar-refractivity contribution is -0.135. The van der Waals surface area contributed by atoms with Gasteiger partial charge in [-0.25, -0.2) is 19.6 Å². The van der Waals surface area contributed by atoms with E-state index in [1.165, 1.54) is 29.2 Å². The zero-order chi connectivity index (χ0) is 43.8. The fourth-order valence-corrected chi connectivity index (χ4v) is 11.0. The van der Waals surface area contributed by atoms with Crippen LogP contribution in [-0.4, -0.2) is 87.1 Å². The van der Waals surface area contributed by atoms with Crippen LogP contribution in [0.3, 0.4) is 0 Å². The summed E-state index contributed by atoms with van der Waals surface area (Å²) in [6, 6.07) is 21.5. The number of aromatic nitrogens is 4. The number of hydrogen-bond acceptors (Lipinski definition) is 10. The van der Waals surface area contributed by atoms with Gasteiger partial charge in [0, 0.05) is 35.0 Å². The standard InChI is InChI=1S/C47H46N8O6S2/c1-26(2)38(52-46(58)60-3)44(56)54-20-8-12-36(54)42-48-23-35(51-42)28-16-14-27(15-17-28)31-24-62-41-32(25-63-40(31)41)30-18-19-33-34(22-30)50-43(49-33)37-13-9-21-55(37)45(57)39(53-47(59)61-4)29-10-6-5-7-11-29/h5-7,9-11,13-19,22-26,36-39H,8,12,20-21H2,1-4H3,(H,48,51)(H,49,50)(H,52,58)(H,53,59)/t36?,37?,38-,39+/m0/s1. The number of methoxy groups -OCH3 is 2. The van der Waals surface area contributed by atoms with Crippen LogP contribution < -0.4 is 10.6 Å². The molecule has 0 bridgehead atoms. The summed E-state index contributed by atoms with van der Waals surface area (Å²) in [5.41, 5.74) is 8.64. The van der Waals surface area contributed by atoms with E-state index in [9.17, 15) is 19.2 Å². The number of carbonyl (C=O) groups is 4. The van der Waals surface area contributed by atoms with E-state index in [0.717, 1.165) is 57.6 Å². The van der Waals surface area contributed by atoms with Crippen molar-refractivity contribution < 1.29 is 28.7 Å². The van der Waals surface area contributed by atoms with Crippen molar-refractivity contribution in [2.75, 3.05) is 27.3 Å². The lowest BCUT2D eigenvalue weighted by Gasteiger charge is -2.30. The third kappa shape index (κ3) is 8.07. The SMILES string of the molecule is COC(=O)N[C@H](C(=O)N1CCCC1c1ncc(-c2ccc(-c3csc4c(-c5ccc6nc(C7C=CCN7C(=O)[C@H](NC(=O)OC)c7ccccc7)[nH]c6c5)csc34)cc2)[nH]1)C(C)C. The first-order chi connectivity index (χ1) is 30.6. The lowest BCUT2D eigenvalue weighted by atomic mass is 10.0. The van der Waals surface area contributed by atoms with Crippen molar-refractivity contribution >= 4 is 67.1 Å². The number of benzene rings is 3. The molecule has 2 unspecified atom stereocenters. The van der Waals surface area contributed by atoms with Gasteiger partial charge in [0.1, 0.15) is 29.8 Å². The number of nitrogens with one attached hydrogen (secondary N) is 4. The number of alkyl carbamates (subject to hydrolysis) is 2. The molecule has 0 radical (unpaired) electrons. The number of carbonyl (C=O) groups excluding carboxylic acids is 4. The van der Waals surface area contributed by atoms with Crippen LogP contribution in [0, 0.1) is 5.92 Å². The van der Waals surface area contributed by atoms with E-state index < -0.39 is 30.3 Å². The third-order valence-electron chi connectivity index (χ3n) is 11.8. The average molecular weight is 883 g/mol. The Labute approximate surface area is 371 Å². The number of rotatable bonds is 11. The second-order valence-corrected chi connectivity index (χ2v) is 17.7. The lowest BCUT2D eigenvalue weighted by Crippen LogP contribution is -2.51. The molecule has 14 nitrogen and oxygen atoms in total. The summed E-state index contributed by atoms with van der Waals surface area (Å²) in [6.07, 6.45) is 6.02. The summed E-state index contributed by atoms with van der Waals surface area (Å²) in [7, 11) is 2.57. The highest BCUT2D eigenvalue weighted by atomic mass is 32.1. The molecule has 0 saturated carbocycles. The van der Waals surface area contributed by atoms with Crippen molar-refractivity contribution in [2.45, 2.75) is 50.9 Å². The minimum atomic E-state index is -0.923. The summed E-state index contributed by atoms with van der Waals surface area (Å²) >= 11 is 3.44. The molecule has 1 saturated heterocycles. The van der Waals surface area contributed by atoms with Gasteiger partial charge in [-0.3, -0.25) is 9.59 Å². The van der Waals surface area contributed by atoms with Crippen LogP contribution in [-0.2, 0) is 19.1 Å². The van der Waals surface area contributed by atoms with Gasteiger partial charge in [-0.2, -0.15) is 0 Å². The Hall–Kier alpha value is -6.78. The van der Waals surface area contributed by atoms with Gasteiger partial charge in [0.05, 0.1) is 52.6 Å². The van der Waals surface area contributed by atoms with E-state index in [2.05, 4.69) is 67.8 Å². The van der Waals surface area contributed by atoms with Crippen LogP contribution in [0.15, 0.2) is 102 Å². The predicted molar refractivity (Wildman–Crippen MR) is 244 cm³/mol. The molecule has 0 spiro atoms. The Kier molecular flexibility index (Phi) is 11.6. The molecular weight excluding hydrogens is 837 g/mol. The Morgan fingerprint density at radius 3 is 2.19 bits per heavy atom. The van der Waals surface area contributed by atoms with Gasteiger partial charge in [0.15, 0.2) is 0 Å². The van der Waals surface area contributed by atoms with Crippen molar-refractivity contribution in [3.63, 3.8) is 0 Å². The number of H-pyrrole nitrogens is 2. The highest BCUT2D eigenvalue weighted by Crippen LogP contribution is 2.45. The zero-order valence-corrected chi connectivity index (χ0v) is 36.7. The minimum absolute atomic E-state index is 0.109. The van der Waals surface area contributed by atoms with Gasteiger partial charge in [0.25, 0.3) is 5.91 Å². The minimum Gasteiger partial charge on any atom is -0.453 e. The third-order valence-corrected chi connectivity index (χ3v) is 13.9. The monoisotopic (exact) mass is 882 g/mol. The van der Waals surface area contributed by atoms with Crippen molar-refractivity contribution in [1.29, 1.82) is 0 Å². The molecule has 16 heteroatoms. The maximum atomic E-state index is 14.0. The molecule has 9 rings (SSSR count). The van der Waals surface area contributed by atoms with Crippen molar-refractivity contribution in [1.82, 2.24) is 40.4 Å². The first kappa shape index (κ1) is 41.6. The molecule has 4 amide bonds. The number of nitrogens with zero attached hydrogens (tertiary/aromatic N) is 4. The number of ether oxygens (including phenoxy) is 2. The maximum absolute atomic E-state index is 14.0. The smallest absolute Gasteiger partial charge is 0.407 e. The van der Waals surface area contributed by atoms with Gasteiger partial charge >= 0.3 is 12.2 Å². The van der Waals surface area contributed by atoms with Gasteiger partial charge in [0.2, 0.25) is 5.91 Å². The molecule has 0 aliphatic carbocycles. The molecule has 63 heavy (non-hydrogen) atoms. The molecule has 3 aromatic carbocycles. The largest absolute Gasteiger partial charge is 0.453 e. The molecule has 2 aliphatic heterocycles. The van der Waals surface area contributed by atoms with E-state index >= 15 is 0 Å². The topological polar surface area (TPSA) is 175 Å². The maximum Gasteiger partial charge on any atom is 0.407 e. The quantitative estimate of drug-likeness (QED) is 0.0931. The summed E-state index contributed by atoms with van der Waals surface area (Å²) in [5.74, 6) is 0.848. The molecule has 322 valence electrons. The van der Waals surface area contributed by atoms with E-state index in [0.29, 0.717) is 24.5 Å². The van der Waals surface area contributed by atoms with Crippen molar-refractivity contribution in [3.8, 4) is 33.5 Å². The number of likely N-dealkylation sites (tertiary alicyclic amines) is 1. The molecular formula is C47H46N8O6S2. The number of hydrogen-bond donors (Lipinski definition) is 4. The van der Waals surface area contributed by atoms with Crippen LogP contribution in [0.2, 0.25) is 0 Å². The second kappa shape index (κ2) is 17.5.